The molecule has 1 N–H and O–H groups in total. The minimum absolute atomic E-state index is 0.0904. The molecule has 6 nitrogen and oxygen atoms in total. The van der Waals surface area contributed by atoms with Crippen LogP contribution in [0.3, 0.4) is 0 Å². The van der Waals surface area contributed by atoms with E-state index in [9.17, 15) is 14.4 Å². The predicted molar refractivity (Wildman–Crippen MR) is 129 cm³/mol. The first kappa shape index (κ1) is 24.6. The Bertz CT molecular complexity index is 1210. The van der Waals surface area contributed by atoms with Crippen molar-refractivity contribution in [1.82, 2.24) is 9.88 Å². The Hall–Kier alpha value is -3.09. The lowest BCUT2D eigenvalue weighted by Gasteiger charge is -2.21. The summed E-state index contributed by atoms with van der Waals surface area (Å²) in [4.78, 5) is 37.8. The van der Waals surface area contributed by atoms with Crippen LogP contribution in [0.15, 0.2) is 71.7 Å². The van der Waals surface area contributed by atoms with Crippen LogP contribution in [0.2, 0.25) is 10.0 Å². The van der Waals surface area contributed by atoms with Gasteiger partial charge in [-0.15, -0.1) is 0 Å². The monoisotopic (exact) mass is 486 g/mol. The van der Waals surface area contributed by atoms with Gasteiger partial charge in [0, 0.05) is 22.3 Å². The summed E-state index contributed by atoms with van der Waals surface area (Å²) >= 11 is 12.5. The van der Waals surface area contributed by atoms with Gasteiger partial charge in [0.1, 0.15) is 0 Å². The molecule has 1 amide bonds. The van der Waals surface area contributed by atoms with Crippen molar-refractivity contribution in [2.45, 2.75) is 39.0 Å². The number of hydrogen-bond acceptors (Lipinski definition) is 4. The molecule has 172 valence electrons. The number of halogens is 2. The van der Waals surface area contributed by atoms with Crippen molar-refractivity contribution >= 4 is 35.1 Å². The maximum absolute atomic E-state index is 13.1. The van der Waals surface area contributed by atoms with Crippen LogP contribution >= 0.6 is 23.2 Å². The first-order chi connectivity index (χ1) is 15.7. The molecular formula is C25H24Cl2N2O4. The van der Waals surface area contributed by atoms with E-state index < -0.39 is 17.9 Å². The minimum atomic E-state index is -0.707. The van der Waals surface area contributed by atoms with Gasteiger partial charge in [-0.2, -0.15) is 0 Å². The summed E-state index contributed by atoms with van der Waals surface area (Å²) in [7, 11) is 0. The zero-order valence-electron chi connectivity index (χ0n) is 18.3. The summed E-state index contributed by atoms with van der Waals surface area (Å²) in [5, 5.41) is 3.80. The molecule has 0 radical (unpaired) electrons. The van der Waals surface area contributed by atoms with Crippen LogP contribution in [0.5, 0.6) is 0 Å². The zero-order valence-corrected chi connectivity index (χ0v) is 19.8. The van der Waals surface area contributed by atoms with Gasteiger partial charge in [-0.05, 0) is 43.2 Å². The predicted octanol–water partition coefficient (Wildman–Crippen LogP) is 5.02. The fraction of sp³-hybridized carbons (Fsp3) is 0.240. The van der Waals surface area contributed by atoms with Crippen LogP contribution in [0, 0.1) is 0 Å². The Kier molecular flexibility index (Phi) is 8.31. The van der Waals surface area contributed by atoms with E-state index in [1.54, 1.807) is 50.2 Å². The first-order valence-corrected chi connectivity index (χ1v) is 11.2. The molecule has 0 aliphatic carbocycles. The second-order valence-corrected chi connectivity index (χ2v) is 8.58. The third-order valence-corrected chi connectivity index (χ3v) is 5.58. The van der Waals surface area contributed by atoms with E-state index in [-0.39, 0.29) is 30.2 Å². The lowest BCUT2D eigenvalue weighted by atomic mass is 10.0. The van der Waals surface area contributed by atoms with E-state index in [4.69, 9.17) is 27.9 Å². The van der Waals surface area contributed by atoms with E-state index in [0.29, 0.717) is 15.6 Å². The minimum Gasteiger partial charge on any atom is -0.463 e. The number of hydrogen-bond donors (Lipinski definition) is 1. The molecule has 1 unspecified atom stereocenters. The van der Waals surface area contributed by atoms with Crippen LogP contribution < -0.4 is 10.9 Å². The molecule has 0 spiro atoms. The largest absolute Gasteiger partial charge is 0.463 e. The number of nitrogens with one attached hydrogen (secondary N) is 1. The molecule has 0 bridgehead atoms. The maximum atomic E-state index is 13.1. The van der Waals surface area contributed by atoms with Gasteiger partial charge >= 0.3 is 5.97 Å². The molecule has 1 heterocycles. The molecule has 1 aromatic heterocycles. The van der Waals surface area contributed by atoms with Crippen molar-refractivity contribution in [3.8, 4) is 0 Å². The van der Waals surface area contributed by atoms with Crippen LogP contribution in [0.4, 0.5) is 0 Å². The molecule has 0 aliphatic heterocycles. The highest BCUT2D eigenvalue weighted by atomic mass is 35.5. The number of carbonyl (C=O) groups is 2. The van der Waals surface area contributed by atoms with Gasteiger partial charge in [-0.3, -0.25) is 14.4 Å². The lowest BCUT2D eigenvalue weighted by Crippen LogP contribution is -2.32. The zero-order chi connectivity index (χ0) is 24.0. The number of esters is 1. The molecule has 0 saturated heterocycles. The van der Waals surface area contributed by atoms with Crippen molar-refractivity contribution in [1.29, 1.82) is 0 Å². The van der Waals surface area contributed by atoms with Crippen LogP contribution in [0.25, 0.3) is 0 Å². The molecule has 8 heteroatoms. The second-order valence-electron chi connectivity index (χ2n) is 7.77. The smallest absolute Gasteiger partial charge is 0.308 e. The number of nitrogens with zero attached hydrogens (tertiary/aromatic N) is 1. The average molecular weight is 487 g/mol. The van der Waals surface area contributed by atoms with E-state index in [0.717, 1.165) is 5.56 Å². The first-order valence-electron chi connectivity index (χ1n) is 10.4. The van der Waals surface area contributed by atoms with Crippen molar-refractivity contribution in [2.75, 3.05) is 0 Å². The number of pyridine rings is 1. The lowest BCUT2D eigenvalue weighted by molar-refractivity contribution is -0.147. The van der Waals surface area contributed by atoms with E-state index >= 15 is 0 Å². The number of benzene rings is 2. The summed E-state index contributed by atoms with van der Waals surface area (Å²) < 4.78 is 6.66. The average Bonchev–Trinajstić information content (AvgIpc) is 2.76. The fourth-order valence-electron chi connectivity index (χ4n) is 3.32. The highest BCUT2D eigenvalue weighted by molar-refractivity contribution is 6.31. The van der Waals surface area contributed by atoms with Crippen molar-refractivity contribution in [2.24, 2.45) is 0 Å². The van der Waals surface area contributed by atoms with Crippen LogP contribution in [0.1, 0.15) is 47.8 Å². The number of carbonyl (C=O) groups excluding carboxylic acids is 2. The van der Waals surface area contributed by atoms with Crippen molar-refractivity contribution < 1.29 is 14.3 Å². The fourth-order valence-corrected chi connectivity index (χ4v) is 3.78. The van der Waals surface area contributed by atoms with Crippen LogP contribution in [-0.4, -0.2) is 22.5 Å². The highest BCUT2D eigenvalue weighted by Gasteiger charge is 2.23. The number of amides is 1. The quantitative estimate of drug-likeness (QED) is 0.453. The molecule has 3 rings (SSSR count). The summed E-state index contributed by atoms with van der Waals surface area (Å²) in [6, 6.07) is 16.2. The molecule has 2 aromatic carbocycles. The highest BCUT2D eigenvalue weighted by Crippen LogP contribution is 2.26. The molecule has 0 saturated carbocycles. The molecule has 33 heavy (non-hydrogen) atoms. The normalized spacial score (nSPS) is 11.8. The number of ether oxygens (including phenoxy) is 1. The van der Waals surface area contributed by atoms with Gasteiger partial charge in [-0.1, -0.05) is 59.6 Å². The maximum Gasteiger partial charge on any atom is 0.308 e. The van der Waals surface area contributed by atoms with E-state index in [1.807, 2.05) is 12.1 Å². The van der Waals surface area contributed by atoms with Gasteiger partial charge < -0.3 is 14.6 Å². The molecular weight excluding hydrogens is 463 g/mol. The standard InChI is InChI=1S/C25H24Cl2N2O4/c1-16(2)33-24(31)13-22(19-8-4-6-10-21(19)27)28-25(32)18-11-12-23(30)29(15-18)14-17-7-3-5-9-20(17)26/h3-12,15-16,22H,13-14H2,1-2H3,(H,28,32). The van der Waals surface area contributed by atoms with Crippen molar-refractivity contribution in [3.05, 3.63) is 104 Å². The topological polar surface area (TPSA) is 77.4 Å². The number of rotatable bonds is 8. The Balaban J connectivity index is 1.85. The molecule has 0 fully saturated rings. The Morgan fingerprint density at radius 1 is 0.970 bits per heavy atom. The summed E-state index contributed by atoms with van der Waals surface area (Å²) in [6.45, 7) is 3.72. The summed E-state index contributed by atoms with van der Waals surface area (Å²) in [6.07, 6.45) is 1.10. The van der Waals surface area contributed by atoms with E-state index in [1.165, 1.54) is 22.9 Å². The molecule has 1 atom stereocenters. The summed E-state index contributed by atoms with van der Waals surface area (Å²) in [5.41, 5.74) is 1.34. The van der Waals surface area contributed by atoms with Crippen molar-refractivity contribution in [3.63, 3.8) is 0 Å². The third-order valence-electron chi connectivity index (χ3n) is 4.87. The van der Waals surface area contributed by atoms with Gasteiger partial charge in [-0.25, -0.2) is 0 Å². The van der Waals surface area contributed by atoms with Gasteiger partial charge in [0.25, 0.3) is 11.5 Å². The summed E-state index contributed by atoms with van der Waals surface area (Å²) in [5.74, 6) is -0.913. The SMILES string of the molecule is CC(C)OC(=O)CC(NC(=O)c1ccc(=O)n(Cc2ccccc2Cl)c1)c1ccccc1Cl. The Labute approximate surface area is 202 Å². The second kappa shape index (κ2) is 11.2. The Morgan fingerprint density at radius 3 is 2.30 bits per heavy atom. The van der Waals surface area contributed by atoms with Crippen LogP contribution in [-0.2, 0) is 16.1 Å². The van der Waals surface area contributed by atoms with Gasteiger partial charge in [0.15, 0.2) is 0 Å². The van der Waals surface area contributed by atoms with E-state index in [2.05, 4.69) is 5.32 Å². The third kappa shape index (κ3) is 6.70. The van der Waals surface area contributed by atoms with Gasteiger partial charge in [0.2, 0.25) is 0 Å². The number of aromatic nitrogens is 1. The molecule has 3 aromatic rings. The Morgan fingerprint density at radius 2 is 1.64 bits per heavy atom. The molecule has 0 aliphatic rings. The van der Waals surface area contributed by atoms with Gasteiger partial charge in [0.05, 0.1) is 30.7 Å².